The molecule has 0 aliphatic rings. The number of benzene rings is 2. The molecule has 0 aromatic heterocycles. The highest BCUT2D eigenvalue weighted by molar-refractivity contribution is 6.01. The van der Waals surface area contributed by atoms with Gasteiger partial charge in [-0.2, -0.15) is 0 Å². The molecule has 2 aromatic carbocycles. The van der Waals surface area contributed by atoms with Gasteiger partial charge in [-0.1, -0.05) is 32.0 Å². The number of ketones is 1. The molecule has 0 saturated heterocycles. The molecule has 4 heteroatoms. The summed E-state index contributed by atoms with van der Waals surface area (Å²) in [7, 11) is 0. The van der Waals surface area contributed by atoms with Crippen molar-refractivity contribution in [3.8, 4) is 0 Å². The van der Waals surface area contributed by atoms with Crippen LogP contribution < -0.4 is 10.6 Å². The second-order valence-electron chi connectivity index (χ2n) is 5.91. The summed E-state index contributed by atoms with van der Waals surface area (Å²) in [5.41, 5.74) is 4.25. The highest BCUT2D eigenvalue weighted by atomic mass is 16.2. The number of hydrogen-bond acceptors (Lipinski definition) is 2. The number of carbonyl (C=O) groups excluding carboxylic acids is 2. The predicted octanol–water partition coefficient (Wildman–Crippen LogP) is 4.97. The van der Waals surface area contributed by atoms with Gasteiger partial charge in [0.1, 0.15) is 0 Å². The SMILES string of the molecule is CC(=O)c1ccc(NC(=O)Nc2c(C)cccc2C(C)C)cc1. The van der Waals surface area contributed by atoms with Crippen LogP contribution in [-0.4, -0.2) is 11.8 Å². The summed E-state index contributed by atoms with van der Waals surface area (Å²) in [6.07, 6.45) is 0. The van der Waals surface area contributed by atoms with Gasteiger partial charge >= 0.3 is 6.03 Å². The van der Waals surface area contributed by atoms with Crippen LogP contribution in [0.3, 0.4) is 0 Å². The Balaban J connectivity index is 2.12. The van der Waals surface area contributed by atoms with Gasteiger partial charge in [0.2, 0.25) is 0 Å². The van der Waals surface area contributed by atoms with E-state index in [-0.39, 0.29) is 11.8 Å². The average Bonchev–Trinajstić information content (AvgIpc) is 2.49. The molecule has 2 aromatic rings. The molecule has 0 fully saturated rings. The number of rotatable bonds is 4. The lowest BCUT2D eigenvalue weighted by atomic mass is 9.98. The highest BCUT2D eigenvalue weighted by Gasteiger charge is 2.12. The molecule has 0 spiro atoms. The first-order chi connectivity index (χ1) is 10.9. The lowest BCUT2D eigenvalue weighted by Gasteiger charge is -2.17. The minimum absolute atomic E-state index is 0.00230. The molecule has 2 amide bonds. The molecule has 0 unspecified atom stereocenters. The van der Waals surface area contributed by atoms with E-state index >= 15 is 0 Å². The fraction of sp³-hybridized carbons (Fsp3) is 0.263. The Hall–Kier alpha value is -2.62. The van der Waals surface area contributed by atoms with Gasteiger partial charge in [-0.25, -0.2) is 4.79 Å². The largest absolute Gasteiger partial charge is 0.323 e. The van der Waals surface area contributed by atoms with Crippen molar-refractivity contribution in [1.29, 1.82) is 0 Å². The number of carbonyl (C=O) groups is 2. The maximum atomic E-state index is 12.2. The number of Topliss-reactive ketones (excluding diaryl/α,β-unsaturated/α-hetero) is 1. The highest BCUT2D eigenvalue weighted by Crippen LogP contribution is 2.27. The van der Waals surface area contributed by atoms with Crippen LogP contribution in [0.2, 0.25) is 0 Å². The quantitative estimate of drug-likeness (QED) is 0.784. The molecular formula is C19H22N2O2. The zero-order valence-corrected chi connectivity index (χ0v) is 13.9. The van der Waals surface area contributed by atoms with E-state index in [0.717, 1.165) is 16.8 Å². The minimum Gasteiger partial charge on any atom is -0.308 e. The number of anilines is 2. The number of aryl methyl sites for hydroxylation is 1. The Morgan fingerprint density at radius 3 is 2.17 bits per heavy atom. The molecule has 0 saturated carbocycles. The fourth-order valence-electron chi connectivity index (χ4n) is 2.41. The molecular weight excluding hydrogens is 288 g/mol. The molecule has 0 aliphatic carbocycles. The second kappa shape index (κ2) is 7.09. The summed E-state index contributed by atoms with van der Waals surface area (Å²) in [4.78, 5) is 23.5. The number of urea groups is 1. The first-order valence-corrected chi connectivity index (χ1v) is 7.67. The van der Waals surface area contributed by atoms with Crippen LogP contribution in [0, 0.1) is 6.92 Å². The molecule has 0 bridgehead atoms. The van der Waals surface area contributed by atoms with E-state index in [9.17, 15) is 9.59 Å². The van der Waals surface area contributed by atoms with Gasteiger partial charge in [0.15, 0.2) is 5.78 Å². The lowest BCUT2D eigenvalue weighted by molar-refractivity contribution is 0.101. The van der Waals surface area contributed by atoms with Gasteiger partial charge in [-0.05, 0) is 55.2 Å². The van der Waals surface area contributed by atoms with Crippen molar-refractivity contribution in [2.45, 2.75) is 33.6 Å². The molecule has 0 heterocycles. The van der Waals surface area contributed by atoms with Crippen LogP contribution in [0.25, 0.3) is 0 Å². The van der Waals surface area contributed by atoms with Crippen molar-refractivity contribution >= 4 is 23.2 Å². The van der Waals surface area contributed by atoms with E-state index in [0.29, 0.717) is 17.2 Å². The summed E-state index contributed by atoms with van der Waals surface area (Å²) in [6.45, 7) is 7.68. The Kier molecular flexibility index (Phi) is 5.16. The zero-order valence-electron chi connectivity index (χ0n) is 13.9. The third kappa shape index (κ3) is 4.19. The third-order valence-corrected chi connectivity index (χ3v) is 3.71. The van der Waals surface area contributed by atoms with Crippen LogP contribution in [0.4, 0.5) is 16.2 Å². The van der Waals surface area contributed by atoms with Crippen molar-refractivity contribution in [3.05, 3.63) is 59.2 Å². The minimum atomic E-state index is -0.295. The van der Waals surface area contributed by atoms with Gasteiger partial charge < -0.3 is 10.6 Å². The van der Waals surface area contributed by atoms with E-state index < -0.39 is 0 Å². The third-order valence-electron chi connectivity index (χ3n) is 3.71. The molecule has 0 aliphatic heterocycles. The van der Waals surface area contributed by atoms with Gasteiger partial charge in [-0.3, -0.25) is 4.79 Å². The molecule has 120 valence electrons. The van der Waals surface area contributed by atoms with E-state index in [1.54, 1.807) is 24.3 Å². The van der Waals surface area contributed by atoms with Gasteiger partial charge in [0.05, 0.1) is 0 Å². The summed E-state index contributed by atoms with van der Waals surface area (Å²) in [5.74, 6) is 0.322. The van der Waals surface area contributed by atoms with Crippen molar-refractivity contribution in [1.82, 2.24) is 0 Å². The van der Waals surface area contributed by atoms with E-state index in [2.05, 4.69) is 24.5 Å². The Bertz CT molecular complexity index is 719. The topological polar surface area (TPSA) is 58.2 Å². The summed E-state index contributed by atoms with van der Waals surface area (Å²) in [6, 6.07) is 12.5. The molecule has 4 nitrogen and oxygen atoms in total. The predicted molar refractivity (Wildman–Crippen MR) is 94.4 cm³/mol. The maximum absolute atomic E-state index is 12.2. The first-order valence-electron chi connectivity index (χ1n) is 7.67. The van der Waals surface area contributed by atoms with Crippen LogP contribution in [0.15, 0.2) is 42.5 Å². The molecule has 2 rings (SSSR count). The monoisotopic (exact) mass is 310 g/mol. The number of para-hydroxylation sites is 1. The maximum Gasteiger partial charge on any atom is 0.323 e. The summed E-state index contributed by atoms with van der Waals surface area (Å²) < 4.78 is 0. The van der Waals surface area contributed by atoms with Crippen molar-refractivity contribution < 1.29 is 9.59 Å². The van der Waals surface area contributed by atoms with Crippen LogP contribution in [-0.2, 0) is 0 Å². The Morgan fingerprint density at radius 2 is 1.61 bits per heavy atom. The average molecular weight is 310 g/mol. The smallest absolute Gasteiger partial charge is 0.308 e. The van der Waals surface area contributed by atoms with E-state index in [1.807, 2.05) is 25.1 Å². The number of nitrogens with one attached hydrogen (secondary N) is 2. The molecule has 0 radical (unpaired) electrons. The van der Waals surface area contributed by atoms with Crippen molar-refractivity contribution in [2.75, 3.05) is 10.6 Å². The number of amides is 2. The molecule has 0 atom stereocenters. The van der Waals surface area contributed by atoms with Gasteiger partial charge in [0, 0.05) is 16.9 Å². The van der Waals surface area contributed by atoms with Gasteiger partial charge in [-0.15, -0.1) is 0 Å². The van der Waals surface area contributed by atoms with Crippen molar-refractivity contribution in [2.24, 2.45) is 0 Å². The second-order valence-corrected chi connectivity index (χ2v) is 5.91. The van der Waals surface area contributed by atoms with Crippen LogP contribution >= 0.6 is 0 Å². The Morgan fingerprint density at radius 1 is 0.957 bits per heavy atom. The summed E-state index contributed by atoms with van der Waals surface area (Å²) >= 11 is 0. The van der Waals surface area contributed by atoms with Crippen LogP contribution in [0.1, 0.15) is 48.2 Å². The Labute approximate surface area is 136 Å². The zero-order chi connectivity index (χ0) is 17.0. The number of hydrogen-bond donors (Lipinski definition) is 2. The van der Waals surface area contributed by atoms with Crippen molar-refractivity contribution in [3.63, 3.8) is 0 Å². The normalized spacial score (nSPS) is 10.5. The molecule has 23 heavy (non-hydrogen) atoms. The molecule has 2 N–H and O–H groups in total. The summed E-state index contributed by atoms with van der Waals surface area (Å²) in [5, 5.41) is 5.72. The van der Waals surface area contributed by atoms with Gasteiger partial charge in [0.25, 0.3) is 0 Å². The van der Waals surface area contributed by atoms with E-state index in [1.165, 1.54) is 6.92 Å². The fourth-order valence-corrected chi connectivity index (χ4v) is 2.41. The standard InChI is InChI=1S/C19H22N2O2/c1-12(2)17-7-5-6-13(3)18(17)21-19(23)20-16-10-8-15(9-11-16)14(4)22/h5-12H,1-4H3,(H2,20,21,23). The van der Waals surface area contributed by atoms with E-state index in [4.69, 9.17) is 0 Å². The first kappa shape index (κ1) is 16.7. The van der Waals surface area contributed by atoms with Crippen LogP contribution in [0.5, 0.6) is 0 Å². The lowest BCUT2D eigenvalue weighted by Crippen LogP contribution is -2.21.